The van der Waals surface area contributed by atoms with Crippen LogP contribution in [-0.2, 0) is 0 Å². The maximum Gasteiger partial charge on any atom is 0.0944 e. The smallest absolute Gasteiger partial charge is 0.0944 e. The van der Waals surface area contributed by atoms with E-state index in [0.29, 0.717) is 5.92 Å². The Morgan fingerprint density at radius 2 is 1.24 bits per heavy atom. The third-order valence-electron chi connectivity index (χ3n) is 9.72. The van der Waals surface area contributed by atoms with Gasteiger partial charge in [-0.2, -0.15) is 0 Å². The number of aliphatic imine (C=N–C) groups is 1. The lowest BCUT2D eigenvalue weighted by Gasteiger charge is -2.32. The highest BCUT2D eigenvalue weighted by Gasteiger charge is 2.50. The van der Waals surface area contributed by atoms with Crippen LogP contribution in [0.3, 0.4) is 0 Å². The van der Waals surface area contributed by atoms with Crippen LogP contribution in [0.4, 0.5) is 22.7 Å². The third-order valence-corrected chi connectivity index (χ3v) is 9.72. The van der Waals surface area contributed by atoms with E-state index in [-0.39, 0.29) is 18.1 Å². The molecule has 1 aliphatic carbocycles. The molecule has 9 rings (SSSR count). The second-order valence-electron chi connectivity index (χ2n) is 12.5. The van der Waals surface area contributed by atoms with Crippen LogP contribution >= 0.6 is 0 Å². The predicted octanol–water partition coefficient (Wildman–Crippen LogP) is 9.71. The first-order valence-electron chi connectivity index (χ1n) is 16.0. The SMILES string of the molecule is CC1C=CC2=C(C1)NC(c1ccc3c(c1)C1C(c4ccccc4N1c1ccccc1)N3c1ccccc1)C(c1ccccc1)=N2. The fourth-order valence-electron chi connectivity index (χ4n) is 7.75. The van der Waals surface area contributed by atoms with E-state index in [2.05, 4.69) is 168 Å². The summed E-state index contributed by atoms with van der Waals surface area (Å²) in [5.74, 6) is 0.488. The standard InChI is InChI=1S/C41H34N4/c1-27-21-23-34-35(25-27)43-39(38(42-34)28-13-5-2-6-14-28)29-22-24-37-33(26-29)41-40(45(37)31-17-9-4-10-18-31)32-19-11-12-20-36(32)44(41)30-15-7-3-8-16-30/h2-24,26-27,39-41,43H,25H2,1H3. The largest absolute Gasteiger partial charge is 0.374 e. The summed E-state index contributed by atoms with van der Waals surface area (Å²) in [6.07, 6.45) is 5.44. The van der Waals surface area contributed by atoms with Crippen molar-refractivity contribution >= 4 is 28.5 Å². The summed E-state index contributed by atoms with van der Waals surface area (Å²) in [5.41, 5.74) is 13.4. The number of rotatable bonds is 4. The summed E-state index contributed by atoms with van der Waals surface area (Å²) >= 11 is 0. The molecule has 3 heterocycles. The monoisotopic (exact) mass is 582 g/mol. The molecule has 0 saturated carbocycles. The average molecular weight is 583 g/mol. The summed E-state index contributed by atoms with van der Waals surface area (Å²) in [4.78, 5) is 10.4. The number of para-hydroxylation sites is 3. The highest BCUT2D eigenvalue weighted by molar-refractivity contribution is 6.06. The summed E-state index contributed by atoms with van der Waals surface area (Å²) in [6, 6.07) is 48.7. The lowest BCUT2D eigenvalue weighted by Crippen LogP contribution is -2.34. The lowest BCUT2D eigenvalue weighted by atomic mass is 9.89. The van der Waals surface area contributed by atoms with Crippen molar-refractivity contribution in [3.8, 4) is 0 Å². The molecular weight excluding hydrogens is 548 g/mol. The van der Waals surface area contributed by atoms with Crippen LogP contribution in [0.25, 0.3) is 0 Å². The van der Waals surface area contributed by atoms with E-state index in [4.69, 9.17) is 4.99 Å². The normalized spacial score (nSPS) is 22.7. The molecule has 4 atom stereocenters. The number of nitrogens with zero attached hydrogens (tertiary/aromatic N) is 3. The maximum absolute atomic E-state index is 5.31. The van der Waals surface area contributed by atoms with Gasteiger partial charge in [-0.1, -0.05) is 104 Å². The van der Waals surface area contributed by atoms with Crippen molar-refractivity contribution in [3.63, 3.8) is 0 Å². The molecule has 5 aromatic carbocycles. The molecule has 0 amide bonds. The molecule has 0 saturated heterocycles. The van der Waals surface area contributed by atoms with E-state index in [1.165, 1.54) is 45.1 Å². The number of benzene rings is 5. The molecule has 3 aliphatic heterocycles. The van der Waals surface area contributed by atoms with Gasteiger partial charge in [0.25, 0.3) is 0 Å². The van der Waals surface area contributed by atoms with E-state index in [0.717, 1.165) is 23.4 Å². The number of hydrogen-bond donors (Lipinski definition) is 1. The van der Waals surface area contributed by atoms with Crippen molar-refractivity contribution < 1.29 is 0 Å². The van der Waals surface area contributed by atoms with Crippen LogP contribution in [0.5, 0.6) is 0 Å². The minimum atomic E-state index is -0.0478. The van der Waals surface area contributed by atoms with Crippen LogP contribution in [0.1, 0.15) is 53.7 Å². The van der Waals surface area contributed by atoms with E-state index < -0.39 is 0 Å². The van der Waals surface area contributed by atoms with Gasteiger partial charge in [-0.15, -0.1) is 0 Å². The molecule has 4 heteroatoms. The fourth-order valence-corrected chi connectivity index (χ4v) is 7.75. The number of hydrogen-bond acceptors (Lipinski definition) is 4. The lowest BCUT2D eigenvalue weighted by molar-refractivity contribution is 0.603. The Labute approximate surface area is 264 Å². The zero-order valence-electron chi connectivity index (χ0n) is 25.2. The Kier molecular flexibility index (Phi) is 6.02. The Morgan fingerprint density at radius 1 is 0.644 bits per heavy atom. The van der Waals surface area contributed by atoms with Gasteiger partial charge in [0.15, 0.2) is 0 Å². The second kappa shape index (κ2) is 10.4. The van der Waals surface area contributed by atoms with Gasteiger partial charge in [0.1, 0.15) is 0 Å². The van der Waals surface area contributed by atoms with Crippen LogP contribution in [0, 0.1) is 5.92 Å². The topological polar surface area (TPSA) is 30.9 Å². The summed E-state index contributed by atoms with van der Waals surface area (Å²) < 4.78 is 0. The first kappa shape index (κ1) is 26.1. The molecule has 0 fully saturated rings. The highest BCUT2D eigenvalue weighted by atomic mass is 15.3. The number of fused-ring (bicyclic) bond motifs is 5. The highest BCUT2D eigenvalue weighted by Crippen LogP contribution is 2.62. The van der Waals surface area contributed by atoms with Crippen molar-refractivity contribution in [2.24, 2.45) is 10.9 Å². The molecule has 0 spiro atoms. The molecule has 45 heavy (non-hydrogen) atoms. The first-order chi connectivity index (χ1) is 22.2. The summed E-state index contributed by atoms with van der Waals surface area (Å²) in [7, 11) is 0. The molecule has 0 bridgehead atoms. The Bertz CT molecular complexity index is 1990. The molecule has 4 nitrogen and oxygen atoms in total. The average Bonchev–Trinajstić information content (AvgIpc) is 3.61. The van der Waals surface area contributed by atoms with Crippen molar-refractivity contribution in [3.05, 3.63) is 179 Å². The van der Waals surface area contributed by atoms with Gasteiger partial charge in [-0.05, 0) is 72.0 Å². The number of anilines is 4. The molecule has 5 aromatic rings. The van der Waals surface area contributed by atoms with Crippen molar-refractivity contribution in [1.29, 1.82) is 0 Å². The van der Waals surface area contributed by atoms with Gasteiger partial charge >= 0.3 is 0 Å². The minimum Gasteiger partial charge on any atom is -0.374 e. The summed E-state index contributed by atoms with van der Waals surface area (Å²) in [6.45, 7) is 2.27. The van der Waals surface area contributed by atoms with Gasteiger partial charge in [-0.3, -0.25) is 0 Å². The second-order valence-corrected chi connectivity index (χ2v) is 12.5. The van der Waals surface area contributed by atoms with Gasteiger partial charge in [0.05, 0.1) is 29.5 Å². The minimum absolute atomic E-state index is 0.0478. The third kappa shape index (κ3) is 4.16. The van der Waals surface area contributed by atoms with Gasteiger partial charge in [0.2, 0.25) is 0 Å². The molecular formula is C41H34N4. The number of allylic oxidation sites excluding steroid dienone is 3. The molecule has 0 aromatic heterocycles. The Hall–Kier alpha value is -5.35. The van der Waals surface area contributed by atoms with Crippen molar-refractivity contribution in [2.75, 3.05) is 9.80 Å². The zero-order valence-corrected chi connectivity index (χ0v) is 25.2. The van der Waals surface area contributed by atoms with E-state index in [1.54, 1.807) is 0 Å². The zero-order chi connectivity index (χ0) is 29.9. The van der Waals surface area contributed by atoms with Crippen molar-refractivity contribution in [2.45, 2.75) is 31.5 Å². The fraction of sp³-hybridized carbons (Fsp3) is 0.146. The van der Waals surface area contributed by atoms with E-state index in [9.17, 15) is 0 Å². The van der Waals surface area contributed by atoms with E-state index in [1.807, 2.05) is 0 Å². The molecule has 0 radical (unpaired) electrons. The quantitative estimate of drug-likeness (QED) is 0.229. The van der Waals surface area contributed by atoms with Crippen LogP contribution in [0.15, 0.2) is 162 Å². The van der Waals surface area contributed by atoms with Gasteiger partial charge in [0, 0.05) is 39.6 Å². The van der Waals surface area contributed by atoms with Crippen molar-refractivity contribution in [1.82, 2.24) is 5.32 Å². The molecule has 1 N–H and O–H groups in total. The van der Waals surface area contributed by atoms with Gasteiger partial charge < -0.3 is 15.1 Å². The molecule has 4 aliphatic rings. The first-order valence-corrected chi connectivity index (χ1v) is 16.0. The van der Waals surface area contributed by atoms with E-state index >= 15 is 0 Å². The van der Waals surface area contributed by atoms with Crippen LogP contribution < -0.4 is 15.1 Å². The molecule has 218 valence electrons. The van der Waals surface area contributed by atoms with Crippen LogP contribution in [-0.4, -0.2) is 5.71 Å². The number of nitrogens with one attached hydrogen (secondary N) is 1. The molecule has 4 unspecified atom stereocenters. The van der Waals surface area contributed by atoms with Crippen LogP contribution in [0.2, 0.25) is 0 Å². The Morgan fingerprint density at radius 3 is 1.96 bits per heavy atom. The Balaban J connectivity index is 1.23. The maximum atomic E-state index is 5.31. The predicted molar refractivity (Wildman–Crippen MR) is 184 cm³/mol. The van der Waals surface area contributed by atoms with Gasteiger partial charge in [-0.25, -0.2) is 4.99 Å². The summed E-state index contributed by atoms with van der Waals surface area (Å²) in [5, 5.41) is 3.97.